The van der Waals surface area contributed by atoms with Gasteiger partial charge in [0.15, 0.2) is 0 Å². The Morgan fingerprint density at radius 1 is 1.43 bits per heavy atom. The smallest absolute Gasteiger partial charge is 0.332 e. The highest BCUT2D eigenvalue weighted by atomic mass is 32.1. The number of rotatable bonds is 3. The van der Waals surface area contributed by atoms with Crippen molar-refractivity contribution >= 4 is 40.7 Å². The van der Waals surface area contributed by atoms with E-state index in [4.69, 9.17) is 5.73 Å². The molecule has 2 aromatic rings. The minimum atomic E-state index is -0.986. The third kappa shape index (κ3) is 3.62. The molecule has 1 aliphatic heterocycles. The number of hydrogen-bond donors (Lipinski definition) is 2. The van der Waals surface area contributed by atoms with Gasteiger partial charge in [-0.25, -0.2) is 9.18 Å². The second-order valence-corrected chi connectivity index (χ2v) is 7.00. The lowest BCUT2D eigenvalue weighted by molar-refractivity contribution is -0.133. The average molecular weight is 430 g/mol. The summed E-state index contributed by atoms with van der Waals surface area (Å²) in [5.41, 5.74) is 5.74. The Morgan fingerprint density at radius 2 is 2.13 bits per heavy atom. The van der Waals surface area contributed by atoms with E-state index >= 15 is 0 Å². The van der Waals surface area contributed by atoms with E-state index in [0.717, 1.165) is 29.1 Å². The van der Waals surface area contributed by atoms with Gasteiger partial charge in [0.25, 0.3) is 11.5 Å². The molecule has 1 atom stereocenters. The number of nitrogens with one attached hydrogen (secondary N) is 1. The zero-order valence-electron chi connectivity index (χ0n) is 15.4. The highest BCUT2D eigenvalue weighted by Gasteiger charge is 2.35. The number of carbonyl (C=O) groups is 2. The molecule has 0 saturated carbocycles. The number of thiazole rings is 1. The van der Waals surface area contributed by atoms with Gasteiger partial charge in [0.2, 0.25) is 0 Å². The van der Waals surface area contributed by atoms with Crippen LogP contribution in [-0.4, -0.2) is 30.6 Å². The summed E-state index contributed by atoms with van der Waals surface area (Å²) in [4.78, 5) is 37.1. The number of esters is 1. The van der Waals surface area contributed by atoms with Crippen molar-refractivity contribution in [1.82, 2.24) is 9.88 Å². The van der Waals surface area contributed by atoms with Crippen LogP contribution in [0.15, 0.2) is 34.6 Å². The molecule has 0 spiro atoms. The van der Waals surface area contributed by atoms with Crippen LogP contribution in [-0.2, 0) is 14.3 Å². The van der Waals surface area contributed by atoms with Gasteiger partial charge in [-0.15, -0.1) is 11.3 Å². The van der Waals surface area contributed by atoms with Crippen molar-refractivity contribution < 1.29 is 18.7 Å². The first-order valence-corrected chi connectivity index (χ1v) is 9.09. The number of amides is 1. The van der Waals surface area contributed by atoms with Crippen LogP contribution >= 0.6 is 11.3 Å². The number of fused-ring (bicyclic) bond motifs is 1. The summed E-state index contributed by atoms with van der Waals surface area (Å²) in [6.07, 6.45) is 0.982. The second-order valence-electron chi connectivity index (χ2n) is 5.97. The zero-order chi connectivity index (χ0) is 21.3. The Kier molecular flexibility index (Phi) is 6.59. The van der Waals surface area contributed by atoms with Crippen LogP contribution in [0, 0.1) is 17.1 Å². The molecule has 0 bridgehead atoms. The summed E-state index contributed by atoms with van der Waals surface area (Å²) in [6.45, 7) is 0. The van der Waals surface area contributed by atoms with E-state index in [1.165, 1.54) is 25.2 Å². The van der Waals surface area contributed by atoms with Crippen LogP contribution in [0.3, 0.4) is 0 Å². The summed E-state index contributed by atoms with van der Waals surface area (Å²) in [7, 11) is 2.55. The lowest BCUT2D eigenvalue weighted by atomic mass is 9.83. The first kappa shape index (κ1) is 22.6. The number of hydrogen-bond acceptors (Lipinski definition) is 7. The Morgan fingerprint density at radius 3 is 2.70 bits per heavy atom. The highest BCUT2D eigenvalue weighted by molar-refractivity contribution is 7.07. The SMILES string of the molecule is C.CNC(=O)C1=c2s/c(=C\C(=O)OC)c(=O)n2C(N)=C(C#N)C1c1cccc(F)c1. The van der Waals surface area contributed by atoms with Gasteiger partial charge >= 0.3 is 5.97 Å². The largest absolute Gasteiger partial charge is 0.466 e. The van der Waals surface area contributed by atoms with Gasteiger partial charge in [-0.05, 0) is 17.7 Å². The summed E-state index contributed by atoms with van der Waals surface area (Å²) in [5, 5.41) is 12.2. The molecule has 30 heavy (non-hydrogen) atoms. The van der Waals surface area contributed by atoms with Crippen LogP contribution < -0.4 is 25.8 Å². The van der Waals surface area contributed by atoms with Gasteiger partial charge in [-0.3, -0.25) is 14.2 Å². The third-order valence-electron chi connectivity index (χ3n) is 4.37. The minimum Gasteiger partial charge on any atom is -0.466 e. The number of nitriles is 1. The molecule has 1 unspecified atom stereocenters. The van der Waals surface area contributed by atoms with Gasteiger partial charge in [-0.1, -0.05) is 19.6 Å². The Balaban J connectivity index is 0.00000320. The molecule has 3 rings (SSSR count). The molecule has 1 aromatic carbocycles. The maximum atomic E-state index is 13.9. The number of nitrogens with two attached hydrogens (primary N) is 1. The molecule has 10 heteroatoms. The fraction of sp³-hybridized carbons (Fsp3) is 0.200. The number of allylic oxidation sites excluding steroid dienone is 1. The molecule has 8 nitrogen and oxygen atoms in total. The number of methoxy groups -OCH3 is 1. The van der Waals surface area contributed by atoms with Gasteiger partial charge in [0, 0.05) is 13.1 Å². The molecule has 1 amide bonds. The van der Waals surface area contributed by atoms with Crippen LogP contribution in [0.2, 0.25) is 0 Å². The standard InChI is InChI=1S/C19H15FN4O4S.CH4/c1-23-17(26)15-14(9-4-3-5-10(20)6-9)11(8-21)16(22)24-18(27)12(29-19(15)24)7-13(25)28-2;/h3-7,14H,22H2,1-2H3,(H,23,26);1H4/b12-7-;. The zero-order valence-corrected chi connectivity index (χ0v) is 16.2. The van der Waals surface area contributed by atoms with E-state index in [1.807, 2.05) is 6.07 Å². The average Bonchev–Trinajstić information content (AvgIpc) is 3.03. The Hall–Kier alpha value is -3.71. The van der Waals surface area contributed by atoms with Crippen molar-refractivity contribution in [2.24, 2.45) is 5.73 Å². The summed E-state index contributed by atoms with van der Waals surface area (Å²) in [6, 6.07) is 7.37. The van der Waals surface area contributed by atoms with Gasteiger partial charge in [0.1, 0.15) is 20.8 Å². The number of nitrogens with zero attached hydrogens (tertiary/aromatic N) is 2. The first-order chi connectivity index (χ1) is 13.8. The molecule has 1 aromatic heterocycles. The van der Waals surface area contributed by atoms with Crippen molar-refractivity contribution in [3.05, 3.63) is 60.8 Å². The monoisotopic (exact) mass is 430 g/mol. The predicted molar refractivity (Wildman–Crippen MR) is 111 cm³/mol. The Bertz CT molecular complexity index is 1280. The van der Waals surface area contributed by atoms with E-state index in [2.05, 4.69) is 10.1 Å². The first-order valence-electron chi connectivity index (χ1n) is 8.27. The normalized spacial score (nSPS) is 15.7. The molecule has 0 radical (unpaired) electrons. The molecule has 1 aliphatic rings. The van der Waals surface area contributed by atoms with Crippen LogP contribution in [0.5, 0.6) is 0 Å². The van der Waals surface area contributed by atoms with E-state index in [9.17, 15) is 24.0 Å². The van der Waals surface area contributed by atoms with Crippen molar-refractivity contribution in [1.29, 1.82) is 5.26 Å². The molecular formula is C20H19FN4O4S. The van der Waals surface area contributed by atoms with Gasteiger partial charge in [-0.2, -0.15) is 5.26 Å². The van der Waals surface area contributed by atoms with Crippen LogP contribution in [0.25, 0.3) is 17.5 Å². The molecule has 3 N–H and O–H groups in total. The number of benzene rings is 1. The van der Waals surface area contributed by atoms with E-state index < -0.39 is 29.2 Å². The van der Waals surface area contributed by atoms with Gasteiger partial charge in [0.05, 0.1) is 30.2 Å². The fourth-order valence-corrected chi connectivity index (χ4v) is 4.22. The molecule has 0 fully saturated rings. The van der Waals surface area contributed by atoms with E-state index in [-0.39, 0.29) is 33.6 Å². The van der Waals surface area contributed by atoms with Crippen molar-refractivity contribution in [3.63, 3.8) is 0 Å². The van der Waals surface area contributed by atoms with Crippen molar-refractivity contribution in [3.8, 4) is 6.07 Å². The predicted octanol–water partition coefficient (Wildman–Crippen LogP) is -0.0165. The Labute approximate surface area is 175 Å². The third-order valence-corrected chi connectivity index (χ3v) is 5.48. The topological polar surface area (TPSA) is 127 Å². The lowest BCUT2D eigenvalue weighted by Crippen LogP contribution is -2.41. The maximum absolute atomic E-state index is 13.9. The molecule has 0 aliphatic carbocycles. The van der Waals surface area contributed by atoms with Crippen LogP contribution in [0.1, 0.15) is 18.9 Å². The van der Waals surface area contributed by atoms with Crippen LogP contribution in [0.4, 0.5) is 4.39 Å². The molecule has 0 saturated heterocycles. The summed E-state index contributed by atoms with van der Waals surface area (Å²) >= 11 is 0.855. The van der Waals surface area contributed by atoms with Gasteiger partial charge < -0.3 is 15.8 Å². The lowest BCUT2D eigenvalue weighted by Gasteiger charge is -2.24. The van der Waals surface area contributed by atoms with E-state index in [1.54, 1.807) is 6.07 Å². The van der Waals surface area contributed by atoms with Crippen molar-refractivity contribution in [2.75, 3.05) is 14.2 Å². The fourth-order valence-electron chi connectivity index (χ4n) is 3.09. The van der Waals surface area contributed by atoms with E-state index in [0.29, 0.717) is 5.56 Å². The molecular weight excluding hydrogens is 411 g/mol. The molecule has 156 valence electrons. The quantitative estimate of drug-likeness (QED) is 0.659. The number of halogens is 1. The maximum Gasteiger partial charge on any atom is 0.332 e. The number of ether oxygens (including phenoxy) is 1. The summed E-state index contributed by atoms with van der Waals surface area (Å²) < 4.78 is 19.5. The second kappa shape index (κ2) is 8.75. The van der Waals surface area contributed by atoms with Crippen molar-refractivity contribution in [2.45, 2.75) is 13.3 Å². The number of aromatic nitrogens is 1. The minimum absolute atomic E-state index is 0. The number of carbonyl (C=O) groups excluding carboxylic acids is 2. The summed E-state index contributed by atoms with van der Waals surface area (Å²) in [5.74, 6) is -3.05. The highest BCUT2D eigenvalue weighted by Crippen LogP contribution is 2.36. The molecule has 2 heterocycles.